The van der Waals surface area contributed by atoms with Crippen LogP contribution in [0.25, 0.3) is 0 Å². The van der Waals surface area contributed by atoms with Gasteiger partial charge in [-0.1, -0.05) is 50.2 Å². The van der Waals surface area contributed by atoms with E-state index in [1.54, 1.807) is 0 Å². The zero-order valence-corrected chi connectivity index (χ0v) is 17.0. The lowest BCUT2D eigenvalue weighted by Crippen LogP contribution is -2.47. The summed E-state index contributed by atoms with van der Waals surface area (Å²) in [5.74, 6) is -1.23. The van der Waals surface area contributed by atoms with E-state index in [0.717, 1.165) is 11.4 Å². The van der Waals surface area contributed by atoms with Gasteiger partial charge >= 0.3 is 0 Å². The van der Waals surface area contributed by atoms with Crippen molar-refractivity contribution in [3.8, 4) is 0 Å². The van der Waals surface area contributed by atoms with Crippen LogP contribution in [0.5, 0.6) is 0 Å². The van der Waals surface area contributed by atoms with Gasteiger partial charge in [0.2, 0.25) is 0 Å². The van der Waals surface area contributed by atoms with E-state index < -0.39 is 17.3 Å². The quantitative estimate of drug-likeness (QED) is 0.792. The van der Waals surface area contributed by atoms with Crippen LogP contribution in [-0.4, -0.2) is 23.2 Å². The van der Waals surface area contributed by atoms with Crippen LogP contribution in [0.2, 0.25) is 0 Å². The van der Waals surface area contributed by atoms with Crippen LogP contribution < -0.4 is 10.0 Å². The van der Waals surface area contributed by atoms with Crippen molar-refractivity contribution in [2.45, 2.75) is 27.7 Å². The molecule has 0 spiro atoms. The lowest BCUT2D eigenvalue weighted by molar-refractivity contribution is -0.126. The Bertz CT molecular complexity index is 930. The molecule has 2 atom stereocenters. The summed E-state index contributed by atoms with van der Waals surface area (Å²) in [7, 11) is 0. The molecule has 29 heavy (non-hydrogen) atoms. The van der Waals surface area contributed by atoms with E-state index >= 15 is 0 Å². The van der Waals surface area contributed by atoms with Gasteiger partial charge in [0.15, 0.2) is 0 Å². The highest BCUT2D eigenvalue weighted by atomic mass is 16.2. The van der Waals surface area contributed by atoms with Crippen molar-refractivity contribution in [1.82, 2.24) is 0 Å². The summed E-state index contributed by atoms with van der Waals surface area (Å²) in [5, 5.41) is 11.9. The van der Waals surface area contributed by atoms with E-state index in [4.69, 9.17) is 0 Å². The first kappa shape index (κ1) is 19.1. The first-order valence-corrected chi connectivity index (χ1v) is 9.70. The average Bonchev–Trinajstić information content (AvgIpc) is 3.18. The number of rotatable bonds is 4. The minimum absolute atomic E-state index is 0.113. The lowest BCUT2D eigenvalue weighted by Gasteiger charge is -2.35. The summed E-state index contributed by atoms with van der Waals surface area (Å²) in [6.07, 6.45) is 0. The second-order valence-electron chi connectivity index (χ2n) is 8.14. The van der Waals surface area contributed by atoms with Crippen molar-refractivity contribution in [2.24, 2.45) is 27.5 Å². The predicted octanol–water partition coefficient (Wildman–Crippen LogP) is 4.09. The smallest absolute Gasteiger partial charge is 0.256 e. The van der Waals surface area contributed by atoms with Gasteiger partial charge in [-0.05, 0) is 43.5 Å². The van der Waals surface area contributed by atoms with Gasteiger partial charge in [-0.3, -0.25) is 9.59 Å². The molecule has 0 bridgehead atoms. The minimum Gasteiger partial charge on any atom is -0.272 e. The number of hydrogen-bond acceptors (Lipinski definition) is 4. The molecule has 0 aliphatic carbocycles. The number of hydrazone groups is 2. The fraction of sp³-hybridized carbons (Fsp3) is 0.304. The Morgan fingerprint density at radius 1 is 0.690 bits per heavy atom. The highest BCUT2D eigenvalue weighted by molar-refractivity contribution is 6.19. The summed E-state index contributed by atoms with van der Waals surface area (Å²) in [5.41, 5.74) is 2.20. The molecule has 0 aromatic heterocycles. The average molecular weight is 388 g/mol. The number of hydrogen-bond donors (Lipinski definition) is 0. The first-order valence-electron chi connectivity index (χ1n) is 9.70. The zero-order valence-electron chi connectivity index (χ0n) is 17.0. The van der Waals surface area contributed by atoms with Crippen LogP contribution in [0.1, 0.15) is 27.7 Å². The number of benzene rings is 2. The highest BCUT2D eigenvalue weighted by Crippen LogP contribution is 2.44. The number of amides is 2. The van der Waals surface area contributed by atoms with Gasteiger partial charge in [-0.25, -0.2) is 10.0 Å². The van der Waals surface area contributed by atoms with Crippen LogP contribution in [0.15, 0.2) is 70.9 Å². The number of nitrogens with zero attached hydrogens (tertiary/aromatic N) is 4. The molecule has 148 valence electrons. The predicted molar refractivity (Wildman–Crippen MR) is 115 cm³/mol. The molecular weight excluding hydrogens is 364 g/mol. The second kappa shape index (κ2) is 6.95. The Kier molecular flexibility index (Phi) is 4.57. The molecule has 4 rings (SSSR count). The summed E-state index contributed by atoms with van der Waals surface area (Å²) in [6, 6.07) is 18.7. The van der Waals surface area contributed by atoms with E-state index in [9.17, 15) is 9.59 Å². The molecule has 2 aromatic rings. The summed E-state index contributed by atoms with van der Waals surface area (Å²) in [6.45, 7) is 7.63. The Morgan fingerprint density at radius 3 is 1.38 bits per heavy atom. The third-order valence-corrected chi connectivity index (χ3v) is 5.75. The third kappa shape index (κ3) is 3.05. The molecule has 0 radical (unpaired) electrons. The standard InChI is InChI=1S/C23H24N4O2/c1-15-19(21(28)26(24-15)17-11-7-5-8-12-17)23(3,4)20-16(2)25-27(22(20)29)18-13-9-6-10-14-18/h5-14,19-20H,1-4H3/t19-,20-/m1/s1. The monoisotopic (exact) mass is 388 g/mol. The fourth-order valence-electron chi connectivity index (χ4n) is 4.52. The highest BCUT2D eigenvalue weighted by Gasteiger charge is 2.54. The number of para-hydroxylation sites is 2. The van der Waals surface area contributed by atoms with Crippen molar-refractivity contribution in [2.75, 3.05) is 10.0 Å². The van der Waals surface area contributed by atoms with Crippen molar-refractivity contribution >= 4 is 34.6 Å². The van der Waals surface area contributed by atoms with Crippen LogP contribution in [-0.2, 0) is 9.59 Å². The van der Waals surface area contributed by atoms with Gasteiger partial charge in [0.25, 0.3) is 11.8 Å². The molecule has 0 fully saturated rings. The Balaban J connectivity index is 1.65. The van der Waals surface area contributed by atoms with Crippen LogP contribution in [0.4, 0.5) is 11.4 Å². The maximum atomic E-state index is 13.3. The minimum atomic E-state index is -0.678. The maximum absolute atomic E-state index is 13.3. The van der Waals surface area contributed by atoms with Crippen molar-refractivity contribution in [3.05, 3.63) is 60.7 Å². The molecule has 2 heterocycles. The van der Waals surface area contributed by atoms with Gasteiger partial charge in [0.1, 0.15) is 0 Å². The molecule has 2 amide bonds. The van der Waals surface area contributed by atoms with Gasteiger partial charge in [0.05, 0.1) is 23.2 Å². The van der Waals surface area contributed by atoms with Crippen LogP contribution in [0, 0.1) is 17.3 Å². The molecule has 2 aromatic carbocycles. The number of carbonyl (C=O) groups excluding carboxylic acids is 2. The molecule has 2 aliphatic heterocycles. The molecule has 6 nitrogen and oxygen atoms in total. The molecule has 6 heteroatoms. The van der Waals surface area contributed by atoms with E-state index in [1.807, 2.05) is 88.4 Å². The molecule has 0 unspecified atom stereocenters. The van der Waals surface area contributed by atoms with Crippen molar-refractivity contribution in [3.63, 3.8) is 0 Å². The van der Waals surface area contributed by atoms with E-state index in [-0.39, 0.29) is 11.8 Å². The second-order valence-corrected chi connectivity index (χ2v) is 8.14. The van der Waals surface area contributed by atoms with Gasteiger partial charge in [-0.2, -0.15) is 10.2 Å². The third-order valence-electron chi connectivity index (χ3n) is 5.75. The zero-order chi connectivity index (χ0) is 20.8. The molecular formula is C23H24N4O2. The molecule has 2 aliphatic rings. The van der Waals surface area contributed by atoms with Gasteiger partial charge in [0, 0.05) is 11.4 Å². The Labute approximate surface area is 170 Å². The summed E-state index contributed by atoms with van der Waals surface area (Å²) < 4.78 is 0. The molecule has 0 saturated heterocycles. The SMILES string of the molecule is CC1=NN(c2ccccc2)C(=O)[C@@H]1C(C)(C)[C@H]1C(=O)N(c2ccccc2)N=C1C. The maximum Gasteiger partial charge on any atom is 0.256 e. The summed E-state index contributed by atoms with van der Waals surface area (Å²) >= 11 is 0. The summed E-state index contributed by atoms with van der Waals surface area (Å²) in [4.78, 5) is 26.7. The van der Waals surface area contributed by atoms with Gasteiger partial charge < -0.3 is 0 Å². The molecule has 0 saturated carbocycles. The van der Waals surface area contributed by atoms with Gasteiger partial charge in [-0.15, -0.1) is 0 Å². The molecule has 0 N–H and O–H groups in total. The fourth-order valence-corrected chi connectivity index (χ4v) is 4.52. The van der Waals surface area contributed by atoms with Crippen LogP contribution >= 0.6 is 0 Å². The topological polar surface area (TPSA) is 65.3 Å². The van der Waals surface area contributed by atoms with E-state index in [2.05, 4.69) is 10.2 Å². The first-order chi connectivity index (χ1) is 13.8. The number of anilines is 2. The lowest BCUT2D eigenvalue weighted by atomic mass is 9.66. The Morgan fingerprint density at radius 2 is 1.03 bits per heavy atom. The largest absolute Gasteiger partial charge is 0.272 e. The van der Waals surface area contributed by atoms with Crippen molar-refractivity contribution in [1.29, 1.82) is 0 Å². The van der Waals surface area contributed by atoms with Crippen LogP contribution in [0.3, 0.4) is 0 Å². The normalized spacial score (nSPS) is 22.2. The number of carbonyl (C=O) groups is 2. The Hall–Kier alpha value is -3.28. The van der Waals surface area contributed by atoms with Crippen molar-refractivity contribution < 1.29 is 9.59 Å². The van der Waals surface area contributed by atoms with E-state index in [0.29, 0.717) is 11.4 Å². The van der Waals surface area contributed by atoms with E-state index in [1.165, 1.54) is 10.0 Å².